The molecule has 0 bridgehead atoms. The number of fused-ring (bicyclic) bond motifs is 1. The van der Waals surface area contributed by atoms with Gasteiger partial charge < -0.3 is 19.4 Å². The Morgan fingerprint density at radius 1 is 1.03 bits per heavy atom. The quantitative estimate of drug-likeness (QED) is 0.756. The molecule has 1 saturated heterocycles. The van der Waals surface area contributed by atoms with E-state index in [9.17, 15) is 14.4 Å². The van der Waals surface area contributed by atoms with Gasteiger partial charge in [0.15, 0.2) is 12.4 Å². The molecule has 158 valence electrons. The van der Waals surface area contributed by atoms with Gasteiger partial charge in [0.05, 0.1) is 17.5 Å². The maximum Gasteiger partial charge on any atom is 0.340 e. The monoisotopic (exact) mass is 410 g/mol. The van der Waals surface area contributed by atoms with E-state index in [-0.39, 0.29) is 29.9 Å². The van der Waals surface area contributed by atoms with Crippen molar-refractivity contribution in [1.29, 1.82) is 0 Å². The molecule has 2 amide bonds. The van der Waals surface area contributed by atoms with Crippen LogP contribution in [-0.4, -0.2) is 41.9 Å². The summed E-state index contributed by atoms with van der Waals surface area (Å²) in [6.07, 6.45) is 8.17. The molecule has 0 unspecified atom stereocenters. The van der Waals surface area contributed by atoms with Crippen molar-refractivity contribution in [2.24, 2.45) is 5.92 Å². The molecule has 1 aromatic heterocycles. The minimum absolute atomic E-state index is 0.139. The highest BCUT2D eigenvalue weighted by Crippen LogP contribution is 2.35. The van der Waals surface area contributed by atoms with Crippen LogP contribution in [0.25, 0.3) is 0 Å². The Bertz CT molecular complexity index is 906. The molecule has 7 heteroatoms. The predicted octanol–water partition coefficient (Wildman–Crippen LogP) is 3.87. The van der Waals surface area contributed by atoms with Gasteiger partial charge in [0.2, 0.25) is 0 Å². The summed E-state index contributed by atoms with van der Waals surface area (Å²) in [5, 5.41) is 2.65. The number of likely N-dealkylation sites (tertiary alicyclic amines) is 1. The number of furan rings is 1. The lowest BCUT2D eigenvalue weighted by Gasteiger charge is -2.44. The normalized spacial score (nSPS) is 20.9. The second-order valence-corrected chi connectivity index (χ2v) is 7.89. The number of carbonyl (C=O) groups excluding carboxylic acids is 3. The van der Waals surface area contributed by atoms with Crippen LogP contribution >= 0.6 is 0 Å². The van der Waals surface area contributed by atoms with Gasteiger partial charge in [-0.25, -0.2) is 4.79 Å². The van der Waals surface area contributed by atoms with E-state index in [0.717, 1.165) is 25.8 Å². The first-order valence-electron chi connectivity index (χ1n) is 10.5. The summed E-state index contributed by atoms with van der Waals surface area (Å²) in [5.41, 5.74) is 0.501. The van der Waals surface area contributed by atoms with Gasteiger partial charge in [-0.1, -0.05) is 25.0 Å². The zero-order chi connectivity index (χ0) is 20.9. The number of ether oxygens (including phenoxy) is 1. The van der Waals surface area contributed by atoms with Crippen LogP contribution in [0.4, 0.5) is 5.69 Å². The van der Waals surface area contributed by atoms with E-state index in [0.29, 0.717) is 11.6 Å². The predicted molar refractivity (Wildman–Crippen MR) is 110 cm³/mol. The van der Waals surface area contributed by atoms with Gasteiger partial charge >= 0.3 is 5.97 Å². The van der Waals surface area contributed by atoms with E-state index < -0.39 is 11.9 Å². The van der Waals surface area contributed by atoms with Gasteiger partial charge in [0.1, 0.15) is 0 Å². The molecule has 1 aliphatic carbocycles. The fourth-order valence-electron chi connectivity index (χ4n) is 4.58. The average Bonchev–Trinajstić information content (AvgIpc) is 3.32. The first-order valence-corrected chi connectivity index (χ1v) is 10.5. The summed E-state index contributed by atoms with van der Waals surface area (Å²) < 4.78 is 10.4. The standard InChI is InChI=1S/C23H26N2O5/c26-21(25-13-5-8-16-7-1-4-11-19(16)25)15-30-23(28)17-9-2-3-10-18(17)24-22(27)20-12-6-14-29-20/h2-3,6,9-10,12,14,16,19H,1,4-5,7-8,11,13,15H2,(H,24,27)/t16-,19+/m1/s1. The van der Waals surface area contributed by atoms with Crippen LogP contribution in [0, 0.1) is 5.92 Å². The summed E-state index contributed by atoms with van der Waals surface area (Å²) in [6, 6.07) is 9.97. The molecule has 2 aliphatic rings. The highest BCUT2D eigenvalue weighted by molar-refractivity contribution is 6.06. The largest absolute Gasteiger partial charge is 0.459 e. The number of carbonyl (C=O) groups is 3. The molecule has 2 atom stereocenters. The van der Waals surface area contributed by atoms with Gasteiger partial charge in [-0.2, -0.15) is 0 Å². The lowest BCUT2D eigenvalue weighted by Crippen LogP contribution is -2.50. The number of amides is 2. The Morgan fingerprint density at radius 2 is 1.83 bits per heavy atom. The minimum Gasteiger partial charge on any atom is -0.459 e. The average molecular weight is 410 g/mol. The first kappa shape index (κ1) is 20.2. The molecule has 2 aromatic rings. The molecular formula is C23H26N2O5. The summed E-state index contributed by atoms with van der Waals surface area (Å²) >= 11 is 0. The second-order valence-electron chi connectivity index (χ2n) is 7.89. The maximum atomic E-state index is 12.8. The summed E-state index contributed by atoms with van der Waals surface area (Å²) in [5.74, 6) is -0.536. The van der Waals surface area contributed by atoms with Crippen LogP contribution in [0.2, 0.25) is 0 Å². The Labute approximate surface area is 175 Å². The fraction of sp³-hybridized carbons (Fsp3) is 0.435. The van der Waals surface area contributed by atoms with Crippen molar-refractivity contribution in [3.63, 3.8) is 0 Å². The van der Waals surface area contributed by atoms with Gasteiger partial charge in [-0.05, 0) is 55.9 Å². The molecule has 1 N–H and O–H groups in total. The van der Waals surface area contributed by atoms with Crippen LogP contribution < -0.4 is 5.32 Å². The van der Waals surface area contributed by atoms with E-state index in [1.807, 2.05) is 4.90 Å². The van der Waals surface area contributed by atoms with Crippen molar-refractivity contribution < 1.29 is 23.5 Å². The molecule has 30 heavy (non-hydrogen) atoms. The number of piperidine rings is 1. The van der Waals surface area contributed by atoms with Crippen LogP contribution in [-0.2, 0) is 9.53 Å². The third-order valence-electron chi connectivity index (χ3n) is 6.03. The van der Waals surface area contributed by atoms with Crippen LogP contribution in [0.3, 0.4) is 0 Å². The Hall–Kier alpha value is -3.09. The summed E-state index contributed by atoms with van der Waals surface area (Å²) in [6.45, 7) is 0.440. The molecule has 4 rings (SSSR count). The van der Waals surface area contributed by atoms with Crippen molar-refractivity contribution in [2.75, 3.05) is 18.5 Å². The fourth-order valence-corrected chi connectivity index (χ4v) is 4.58. The zero-order valence-corrected chi connectivity index (χ0v) is 16.8. The lowest BCUT2D eigenvalue weighted by atomic mass is 9.78. The number of nitrogens with one attached hydrogen (secondary N) is 1. The molecule has 1 saturated carbocycles. The highest BCUT2D eigenvalue weighted by Gasteiger charge is 2.35. The van der Waals surface area contributed by atoms with Crippen LogP contribution in [0.5, 0.6) is 0 Å². The summed E-state index contributed by atoms with van der Waals surface area (Å²) in [4.78, 5) is 39.6. The van der Waals surface area contributed by atoms with E-state index in [1.165, 1.54) is 31.6 Å². The third-order valence-corrected chi connectivity index (χ3v) is 6.03. The van der Waals surface area contributed by atoms with Gasteiger partial charge in [0.25, 0.3) is 11.8 Å². The number of hydrogen-bond acceptors (Lipinski definition) is 5. The molecule has 0 spiro atoms. The molecule has 0 radical (unpaired) electrons. The van der Waals surface area contributed by atoms with E-state index in [4.69, 9.17) is 9.15 Å². The lowest BCUT2D eigenvalue weighted by molar-refractivity contribution is -0.140. The number of para-hydroxylation sites is 1. The van der Waals surface area contributed by atoms with E-state index in [2.05, 4.69) is 5.32 Å². The van der Waals surface area contributed by atoms with Crippen molar-refractivity contribution in [3.05, 3.63) is 54.0 Å². The number of rotatable bonds is 5. The molecule has 7 nitrogen and oxygen atoms in total. The SMILES string of the molecule is O=C(Nc1ccccc1C(=O)OCC(=O)N1CCC[C@H]2CCCC[C@@H]21)c1ccco1. The number of esters is 1. The first-order chi connectivity index (χ1) is 14.6. The third kappa shape index (κ3) is 4.40. The zero-order valence-electron chi connectivity index (χ0n) is 16.8. The Balaban J connectivity index is 1.38. The van der Waals surface area contributed by atoms with Crippen molar-refractivity contribution in [2.45, 2.75) is 44.6 Å². The molecule has 1 aliphatic heterocycles. The highest BCUT2D eigenvalue weighted by atomic mass is 16.5. The van der Waals surface area contributed by atoms with E-state index >= 15 is 0 Å². The second kappa shape index (κ2) is 9.15. The Morgan fingerprint density at radius 3 is 2.67 bits per heavy atom. The summed E-state index contributed by atoms with van der Waals surface area (Å²) in [7, 11) is 0. The van der Waals surface area contributed by atoms with Crippen LogP contribution in [0.1, 0.15) is 59.4 Å². The van der Waals surface area contributed by atoms with Crippen LogP contribution in [0.15, 0.2) is 47.1 Å². The topological polar surface area (TPSA) is 88.8 Å². The van der Waals surface area contributed by atoms with E-state index in [1.54, 1.807) is 30.3 Å². The van der Waals surface area contributed by atoms with Gasteiger partial charge in [-0.3, -0.25) is 9.59 Å². The molecule has 1 aromatic carbocycles. The molecule has 2 fully saturated rings. The number of anilines is 1. The van der Waals surface area contributed by atoms with Crippen molar-refractivity contribution in [3.8, 4) is 0 Å². The molecular weight excluding hydrogens is 384 g/mol. The number of hydrogen-bond donors (Lipinski definition) is 1. The van der Waals surface area contributed by atoms with Gasteiger partial charge in [-0.15, -0.1) is 0 Å². The van der Waals surface area contributed by atoms with Gasteiger partial charge in [0, 0.05) is 12.6 Å². The number of nitrogens with zero attached hydrogens (tertiary/aromatic N) is 1. The number of benzene rings is 1. The molecule has 2 heterocycles. The smallest absolute Gasteiger partial charge is 0.340 e. The maximum absolute atomic E-state index is 12.8. The Kier molecular flexibility index (Phi) is 6.16. The van der Waals surface area contributed by atoms with Crippen molar-refractivity contribution in [1.82, 2.24) is 4.90 Å². The van der Waals surface area contributed by atoms with Crippen molar-refractivity contribution >= 4 is 23.5 Å². The minimum atomic E-state index is -0.643.